The Kier molecular flexibility index (Phi) is 13.0. The highest BCUT2D eigenvalue weighted by Crippen LogP contribution is 2.31. The lowest BCUT2D eigenvalue weighted by atomic mass is 9.97. The van der Waals surface area contributed by atoms with E-state index in [1.165, 1.54) is 0 Å². The van der Waals surface area contributed by atoms with Crippen molar-refractivity contribution < 1.29 is 28.4 Å². The minimum absolute atomic E-state index is 0.151. The van der Waals surface area contributed by atoms with Crippen molar-refractivity contribution in [2.45, 2.75) is 57.1 Å². The number of ether oxygens (including phenoxy) is 6. The van der Waals surface area contributed by atoms with E-state index >= 15 is 0 Å². The summed E-state index contributed by atoms with van der Waals surface area (Å²) in [5.41, 5.74) is 12.9. The fourth-order valence-electron chi connectivity index (χ4n) is 5.14. The minimum atomic E-state index is -0.828. The smallest absolute Gasteiger partial charge is 0.186 e. The predicted molar refractivity (Wildman–Crippen MR) is 170 cm³/mol. The second-order valence-electron chi connectivity index (χ2n) is 10.7. The first-order valence-electron chi connectivity index (χ1n) is 15.2. The van der Waals surface area contributed by atoms with Crippen LogP contribution in [0, 0.1) is 0 Å². The van der Waals surface area contributed by atoms with Gasteiger partial charge in [-0.15, -0.1) is 0 Å². The Morgan fingerprint density at radius 3 is 1.49 bits per heavy atom. The van der Waals surface area contributed by atoms with E-state index in [1.807, 2.05) is 121 Å². The second kappa shape index (κ2) is 18.0. The van der Waals surface area contributed by atoms with Gasteiger partial charge < -0.3 is 28.4 Å². The van der Waals surface area contributed by atoms with Gasteiger partial charge in [0.05, 0.1) is 39.6 Å². The maximum absolute atomic E-state index is 8.80. The summed E-state index contributed by atoms with van der Waals surface area (Å²) in [4.78, 5) is 2.85. The fourth-order valence-corrected chi connectivity index (χ4v) is 5.14. The maximum atomic E-state index is 8.80. The molecule has 1 heterocycles. The van der Waals surface area contributed by atoms with Gasteiger partial charge in [0.1, 0.15) is 24.4 Å². The Morgan fingerprint density at radius 2 is 1.00 bits per heavy atom. The second-order valence-corrected chi connectivity index (χ2v) is 10.7. The van der Waals surface area contributed by atoms with Crippen LogP contribution >= 0.6 is 0 Å². The Labute approximate surface area is 264 Å². The quantitative estimate of drug-likeness (QED) is 0.0552. The summed E-state index contributed by atoms with van der Waals surface area (Å²) in [6, 6.07) is 39.9. The average Bonchev–Trinajstić information content (AvgIpc) is 3.10. The van der Waals surface area contributed by atoms with Gasteiger partial charge in [-0.1, -0.05) is 126 Å². The minimum Gasteiger partial charge on any atom is -0.374 e. The van der Waals surface area contributed by atoms with Crippen LogP contribution in [-0.2, 0) is 54.8 Å². The zero-order valence-electron chi connectivity index (χ0n) is 25.2. The summed E-state index contributed by atoms with van der Waals surface area (Å²) >= 11 is 0. The Bertz CT molecular complexity index is 1420. The van der Waals surface area contributed by atoms with Crippen molar-refractivity contribution in [2.75, 3.05) is 19.8 Å². The molecule has 0 aromatic heterocycles. The molecule has 0 radical (unpaired) electrons. The monoisotopic (exact) mass is 609 g/mol. The highest BCUT2D eigenvalue weighted by Gasteiger charge is 2.49. The van der Waals surface area contributed by atoms with Crippen LogP contribution in [0.2, 0.25) is 0 Å². The van der Waals surface area contributed by atoms with Crippen molar-refractivity contribution >= 4 is 0 Å². The van der Waals surface area contributed by atoms with E-state index in [2.05, 4.69) is 10.0 Å². The average molecular weight is 610 g/mol. The molecule has 1 fully saturated rings. The number of nitrogens with zero attached hydrogens (tertiary/aromatic N) is 3. The molecule has 0 unspecified atom stereocenters. The fraction of sp³-hybridized carbons (Fsp3) is 0.333. The molecule has 1 aliphatic heterocycles. The van der Waals surface area contributed by atoms with Crippen LogP contribution in [0.1, 0.15) is 22.3 Å². The lowest BCUT2D eigenvalue weighted by Crippen LogP contribution is -2.61. The predicted octanol–water partition coefficient (Wildman–Crippen LogP) is 7.01. The first-order chi connectivity index (χ1) is 22.3. The van der Waals surface area contributed by atoms with Crippen molar-refractivity contribution in [1.82, 2.24) is 0 Å². The van der Waals surface area contributed by atoms with E-state index in [-0.39, 0.29) is 19.8 Å². The molecule has 1 aliphatic rings. The highest BCUT2D eigenvalue weighted by molar-refractivity contribution is 5.16. The lowest BCUT2D eigenvalue weighted by molar-refractivity contribution is -0.327. The summed E-state index contributed by atoms with van der Waals surface area (Å²) in [6.07, 6.45) is -3.17. The Morgan fingerprint density at radius 1 is 0.556 bits per heavy atom. The molecule has 4 aromatic carbocycles. The van der Waals surface area contributed by atoms with Crippen LogP contribution in [-0.4, -0.2) is 50.5 Å². The van der Waals surface area contributed by atoms with Crippen molar-refractivity contribution in [1.29, 1.82) is 0 Å². The van der Waals surface area contributed by atoms with Crippen molar-refractivity contribution in [3.05, 3.63) is 154 Å². The van der Waals surface area contributed by atoms with E-state index in [0.29, 0.717) is 26.4 Å². The Hall–Kier alpha value is -4.05. The molecule has 45 heavy (non-hydrogen) atoms. The topological polar surface area (TPSA) is 104 Å². The third-order valence-corrected chi connectivity index (χ3v) is 7.38. The van der Waals surface area contributed by atoms with E-state index in [1.54, 1.807) is 0 Å². The number of rotatable bonds is 17. The summed E-state index contributed by atoms with van der Waals surface area (Å²) in [5, 5.41) is 3.63. The first kappa shape index (κ1) is 32.3. The first-order valence-corrected chi connectivity index (χ1v) is 15.2. The molecular weight excluding hydrogens is 570 g/mol. The van der Waals surface area contributed by atoms with Gasteiger partial charge in [0.2, 0.25) is 0 Å². The maximum Gasteiger partial charge on any atom is 0.186 e. The third kappa shape index (κ3) is 10.2. The normalized spacial score (nSPS) is 21.2. The molecule has 0 bridgehead atoms. The number of benzene rings is 4. The zero-order valence-corrected chi connectivity index (χ0v) is 25.2. The summed E-state index contributed by atoms with van der Waals surface area (Å²) < 4.78 is 38.8. The van der Waals surface area contributed by atoms with Crippen molar-refractivity contribution in [3.63, 3.8) is 0 Å². The highest BCUT2D eigenvalue weighted by atomic mass is 16.7. The van der Waals surface area contributed by atoms with Gasteiger partial charge in [-0.05, 0) is 27.8 Å². The molecule has 1 saturated heterocycles. The van der Waals surface area contributed by atoms with Gasteiger partial charge in [0.25, 0.3) is 0 Å². The van der Waals surface area contributed by atoms with Crippen LogP contribution in [0.4, 0.5) is 0 Å². The molecule has 0 aliphatic carbocycles. The summed E-state index contributed by atoms with van der Waals surface area (Å²) in [7, 11) is 0. The van der Waals surface area contributed by atoms with Crippen molar-refractivity contribution in [3.8, 4) is 0 Å². The zero-order chi connectivity index (χ0) is 30.9. The van der Waals surface area contributed by atoms with Crippen LogP contribution < -0.4 is 0 Å². The van der Waals surface area contributed by atoms with Gasteiger partial charge in [0.15, 0.2) is 6.29 Å². The van der Waals surface area contributed by atoms with E-state index in [0.717, 1.165) is 22.3 Å². The van der Waals surface area contributed by atoms with Crippen LogP contribution in [0.5, 0.6) is 0 Å². The summed E-state index contributed by atoms with van der Waals surface area (Å²) in [5.74, 6) is 0. The Balaban J connectivity index is 1.42. The van der Waals surface area contributed by atoms with E-state index < -0.39 is 30.7 Å². The molecule has 5 rings (SSSR count). The molecule has 9 heteroatoms. The number of azide groups is 1. The van der Waals surface area contributed by atoms with E-state index in [4.69, 9.17) is 34.0 Å². The SMILES string of the molecule is [N-]=[N+]=NCCO[C@@H]1O[C@H](COCc2ccccc2)[C@@H](OCc2ccccc2)[C@H](OCc2ccccc2)[C@H]1OCc1ccccc1. The molecule has 0 spiro atoms. The molecule has 4 aromatic rings. The van der Waals surface area contributed by atoms with Crippen LogP contribution in [0.25, 0.3) is 10.4 Å². The molecule has 0 saturated carbocycles. The van der Waals surface area contributed by atoms with Crippen molar-refractivity contribution in [2.24, 2.45) is 5.11 Å². The van der Waals surface area contributed by atoms with E-state index in [9.17, 15) is 0 Å². The lowest BCUT2D eigenvalue weighted by Gasteiger charge is -2.45. The molecule has 9 nitrogen and oxygen atoms in total. The van der Waals surface area contributed by atoms with Gasteiger partial charge in [-0.25, -0.2) is 0 Å². The van der Waals surface area contributed by atoms with Gasteiger partial charge in [0, 0.05) is 11.5 Å². The summed E-state index contributed by atoms with van der Waals surface area (Å²) in [6.45, 7) is 1.96. The van der Waals surface area contributed by atoms with Crippen LogP contribution in [0.15, 0.2) is 126 Å². The van der Waals surface area contributed by atoms with Gasteiger partial charge >= 0.3 is 0 Å². The van der Waals surface area contributed by atoms with Gasteiger partial charge in [-0.2, -0.15) is 0 Å². The molecule has 234 valence electrons. The number of hydrogen-bond donors (Lipinski definition) is 0. The molecule has 5 atom stereocenters. The van der Waals surface area contributed by atoms with Crippen LogP contribution in [0.3, 0.4) is 0 Å². The standard InChI is InChI=1S/C36H39N3O6/c37-39-38-21-22-41-36-35(44-26-31-19-11-4-12-20-31)34(43-25-30-17-9-3-10-18-30)33(42-24-29-15-7-2-8-16-29)32(45-36)27-40-23-28-13-5-1-6-14-28/h1-20,32-36H,21-27H2/t32-,33-,34+,35-,36-/m1/s1. The van der Waals surface area contributed by atoms with Gasteiger partial charge in [-0.3, -0.25) is 0 Å². The largest absolute Gasteiger partial charge is 0.374 e. The molecule has 0 N–H and O–H groups in total. The molecule has 0 amide bonds. The third-order valence-electron chi connectivity index (χ3n) is 7.38. The molecular formula is C36H39N3O6. The number of hydrogen-bond acceptors (Lipinski definition) is 7.